The molecule has 4 nitrogen and oxygen atoms in total. The highest BCUT2D eigenvalue weighted by Gasteiger charge is 2.33. The summed E-state index contributed by atoms with van der Waals surface area (Å²) in [5.74, 6) is 0.665. The van der Waals surface area contributed by atoms with Gasteiger partial charge in [-0.2, -0.15) is 0 Å². The predicted octanol–water partition coefficient (Wildman–Crippen LogP) is 1.26. The number of nitrogens with one attached hydrogen (secondary N) is 1. The second-order valence-corrected chi connectivity index (χ2v) is 4.99. The zero-order valence-corrected chi connectivity index (χ0v) is 11.5. The minimum Gasteiger partial charge on any atom is -0.380 e. The third kappa shape index (κ3) is 3.68. The topological polar surface area (TPSA) is 41.6 Å². The van der Waals surface area contributed by atoms with Gasteiger partial charge < -0.3 is 15.0 Å². The van der Waals surface area contributed by atoms with Gasteiger partial charge in [0.1, 0.15) is 0 Å². The Morgan fingerprint density at radius 1 is 1.53 bits per heavy atom. The molecular formula is C13H26N2O2. The van der Waals surface area contributed by atoms with Crippen LogP contribution in [0, 0.1) is 5.92 Å². The number of carbonyl (C=O) groups excluding carboxylic acids is 1. The Hall–Kier alpha value is -0.610. The molecule has 1 heterocycles. The average molecular weight is 242 g/mol. The monoisotopic (exact) mass is 242 g/mol. The molecule has 0 radical (unpaired) electrons. The van der Waals surface area contributed by atoms with Crippen molar-refractivity contribution < 1.29 is 9.53 Å². The number of rotatable bonds is 6. The van der Waals surface area contributed by atoms with Gasteiger partial charge in [0, 0.05) is 13.2 Å². The lowest BCUT2D eigenvalue weighted by molar-refractivity contribution is -0.141. The molecule has 0 spiro atoms. The van der Waals surface area contributed by atoms with Gasteiger partial charge in [0.2, 0.25) is 5.91 Å². The average Bonchev–Trinajstić information content (AvgIpc) is 2.31. The number of hydrogen-bond acceptors (Lipinski definition) is 3. The van der Waals surface area contributed by atoms with Gasteiger partial charge in [-0.1, -0.05) is 13.8 Å². The summed E-state index contributed by atoms with van der Waals surface area (Å²) in [6.45, 7) is 8.52. The van der Waals surface area contributed by atoms with Gasteiger partial charge in [0.15, 0.2) is 0 Å². The molecule has 1 aliphatic heterocycles. The first-order chi connectivity index (χ1) is 8.11. The van der Waals surface area contributed by atoms with Crippen LogP contribution in [-0.2, 0) is 9.53 Å². The number of likely N-dealkylation sites (N-methyl/N-ethyl adjacent to an activating group) is 1. The van der Waals surface area contributed by atoms with E-state index >= 15 is 0 Å². The van der Waals surface area contributed by atoms with Gasteiger partial charge in [-0.05, 0) is 32.7 Å². The molecule has 0 aromatic rings. The summed E-state index contributed by atoms with van der Waals surface area (Å²) in [6.07, 6.45) is 2.03. The van der Waals surface area contributed by atoms with Crippen molar-refractivity contribution in [3.8, 4) is 0 Å². The molecule has 1 N–H and O–H groups in total. The summed E-state index contributed by atoms with van der Waals surface area (Å²) in [7, 11) is 1.86. The maximum Gasteiger partial charge on any atom is 0.240 e. The van der Waals surface area contributed by atoms with Crippen LogP contribution in [0.1, 0.15) is 33.6 Å². The molecular weight excluding hydrogens is 216 g/mol. The normalized spacial score (nSPS) is 23.2. The van der Waals surface area contributed by atoms with Crippen molar-refractivity contribution in [2.75, 3.05) is 26.8 Å². The zero-order chi connectivity index (χ0) is 12.8. The lowest BCUT2D eigenvalue weighted by Gasteiger charge is -2.39. The maximum absolute atomic E-state index is 12.3. The van der Waals surface area contributed by atoms with Crippen molar-refractivity contribution in [1.29, 1.82) is 0 Å². The van der Waals surface area contributed by atoms with Gasteiger partial charge in [0.05, 0.1) is 18.7 Å². The Bertz CT molecular complexity index is 244. The van der Waals surface area contributed by atoms with Crippen LogP contribution < -0.4 is 5.32 Å². The zero-order valence-electron chi connectivity index (χ0n) is 11.5. The fraction of sp³-hybridized carbons (Fsp3) is 0.923. The molecule has 0 aromatic carbocycles. The quantitative estimate of drug-likeness (QED) is 0.762. The van der Waals surface area contributed by atoms with Crippen molar-refractivity contribution in [2.45, 2.75) is 45.7 Å². The minimum atomic E-state index is -0.00775. The fourth-order valence-corrected chi connectivity index (χ4v) is 2.38. The third-order valence-electron chi connectivity index (χ3n) is 3.48. The van der Waals surface area contributed by atoms with Crippen LogP contribution in [0.15, 0.2) is 0 Å². The van der Waals surface area contributed by atoms with E-state index in [9.17, 15) is 4.79 Å². The Balaban J connectivity index is 2.68. The molecule has 17 heavy (non-hydrogen) atoms. The summed E-state index contributed by atoms with van der Waals surface area (Å²) in [5.41, 5.74) is 0. The van der Waals surface area contributed by atoms with Crippen LogP contribution in [-0.4, -0.2) is 49.7 Å². The van der Waals surface area contributed by atoms with E-state index in [1.807, 2.05) is 18.9 Å². The molecule has 0 bridgehead atoms. The molecule has 2 unspecified atom stereocenters. The summed E-state index contributed by atoms with van der Waals surface area (Å²) in [6, 6.07) is 0.199. The molecule has 100 valence electrons. The van der Waals surface area contributed by atoms with E-state index in [-0.39, 0.29) is 18.0 Å². The number of nitrogens with zero attached hydrogens (tertiary/aromatic N) is 1. The van der Waals surface area contributed by atoms with Gasteiger partial charge in [-0.25, -0.2) is 0 Å². The largest absolute Gasteiger partial charge is 0.380 e. The summed E-state index contributed by atoms with van der Waals surface area (Å²) >= 11 is 0. The van der Waals surface area contributed by atoms with E-state index in [1.165, 1.54) is 0 Å². The van der Waals surface area contributed by atoms with Crippen LogP contribution in [0.4, 0.5) is 0 Å². The number of hydrogen-bond donors (Lipinski definition) is 1. The van der Waals surface area contributed by atoms with Crippen LogP contribution in [0.25, 0.3) is 0 Å². The Kier molecular flexibility index (Phi) is 5.92. The van der Waals surface area contributed by atoms with Crippen LogP contribution in [0.2, 0.25) is 0 Å². The van der Waals surface area contributed by atoms with Crippen LogP contribution in [0.3, 0.4) is 0 Å². The smallest absolute Gasteiger partial charge is 0.240 e. The summed E-state index contributed by atoms with van der Waals surface area (Å²) in [5, 5.41) is 3.10. The van der Waals surface area contributed by atoms with Crippen molar-refractivity contribution in [3.05, 3.63) is 0 Å². The van der Waals surface area contributed by atoms with E-state index in [0.717, 1.165) is 19.4 Å². The molecule has 1 amide bonds. The van der Waals surface area contributed by atoms with Crippen molar-refractivity contribution in [3.63, 3.8) is 0 Å². The van der Waals surface area contributed by atoms with Crippen molar-refractivity contribution >= 4 is 5.91 Å². The number of ether oxygens (including phenoxy) is 1. The molecule has 1 fully saturated rings. The molecule has 0 aromatic heterocycles. The van der Waals surface area contributed by atoms with Gasteiger partial charge in [-0.15, -0.1) is 0 Å². The summed E-state index contributed by atoms with van der Waals surface area (Å²) in [4.78, 5) is 14.3. The molecule has 0 aliphatic carbocycles. The molecule has 2 atom stereocenters. The first-order valence-corrected chi connectivity index (χ1v) is 6.67. The highest BCUT2D eigenvalue weighted by atomic mass is 16.5. The van der Waals surface area contributed by atoms with Crippen molar-refractivity contribution in [2.24, 2.45) is 5.92 Å². The van der Waals surface area contributed by atoms with Gasteiger partial charge in [0.25, 0.3) is 0 Å². The Morgan fingerprint density at radius 3 is 2.76 bits per heavy atom. The van der Waals surface area contributed by atoms with Crippen LogP contribution in [0.5, 0.6) is 0 Å². The van der Waals surface area contributed by atoms with E-state index in [2.05, 4.69) is 19.2 Å². The number of amides is 1. The SMILES string of the molecule is CCOCC(C(C)C)N1CCCC(NC)C1=O. The second-order valence-electron chi connectivity index (χ2n) is 4.99. The maximum atomic E-state index is 12.3. The van der Waals surface area contributed by atoms with E-state index < -0.39 is 0 Å². The third-order valence-corrected chi connectivity index (χ3v) is 3.48. The highest BCUT2D eigenvalue weighted by Crippen LogP contribution is 2.19. The van der Waals surface area contributed by atoms with Gasteiger partial charge >= 0.3 is 0 Å². The highest BCUT2D eigenvalue weighted by molar-refractivity contribution is 5.82. The van der Waals surface area contributed by atoms with Crippen LogP contribution >= 0.6 is 0 Å². The Labute approximate surface area is 105 Å². The first-order valence-electron chi connectivity index (χ1n) is 6.67. The second kappa shape index (κ2) is 6.97. The molecule has 1 aliphatic rings. The summed E-state index contributed by atoms with van der Waals surface area (Å²) < 4.78 is 5.51. The lowest BCUT2D eigenvalue weighted by atomic mass is 9.97. The lowest BCUT2D eigenvalue weighted by Crippen LogP contribution is -2.56. The standard InChI is InChI=1S/C13H26N2O2/c1-5-17-9-12(10(2)3)15-8-6-7-11(14-4)13(15)16/h10-12,14H,5-9H2,1-4H3. The van der Waals surface area contributed by atoms with Crippen molar-refractivity contribution in [1.82, 2.24) is 10.2 Å². The van der Waals surface area contributed by atoms with E-state index in [0.29, 0.717) is 19.1 Å². The van der Waals surface area contributed by atoms with E-state index in [1.54, 1.807) is 0 Å². The van der Waals surface area contributed by atoms with Gasteiger partial charge in [-0.3, -0.25) is 4.79 Å². The van der Waals surface area contributed by atoms with E-state index in [4.69, 9.17) is 4.74 Å². The number of likely N-dealkylation sites (tertiary alicyclic amines) is 1. The molecule has 0 saturated carbocycles. The molecule has 1 saturated heterocycles. The molecule has 1 rings (SSSR count). The predicted molar refractivity (Wildman–Crippen MR) is 68.9 cm³/mol. The Morgan fingerprint density at radius 2 is 2.24 bits per heavy atom. The minimum absolute atomic E-state index is 0.00775. The number of carbonyl (C=O) groups is 1. The molecule has 4 heteroatoms. The fourth-order valence-electron chi connectivity index (χ4n) is 2.38. The number of piperidine rings is 1. The first kappa shape index (κ1) is 14.5.